The van der Waals surface area contributed by atoms with E-state index in [-0.39, 0.29) is 31.6 Å². The van der Waals surface area contributed by atoms with Crippen LogP contribution in [0, 0.1) is 0 Å². The van der Waals surface area contributed by atoms with Crippen LogP contribution in [0.15, 0.2) is 36.8 Å². The molecule has 5 rings (SSSR count). The fraction of sp³-hybridized carbons (Fsp3) is 0.500. The number of fused-ring (bicyclic) bond motifs is 1. The topological polar surface area (TPSA) is 84.6 Å². The minimum Gasteiger partial charge on any atom is -0.444 e. The molecule has 2 atom stereocenters. The number of likely N-dealkylation sites (tertiary alicyclic amines) is 1. The Morgan fingerprint density at radius 3 is 2.56 bits per heavy atom. The third-order valence-corrected chi connectivity index (χ3v) is 6.42. The summed E-state index contributed by atoms with van der Waals surface area (Å²) in [4.78, 5) is 26.4. The molecule has 0 spiro atoms. The summed E-state index contributed by atoms with van der Waals surface area (Å²) in [5.41, 5.74) is -1.35. The fourth-order valence-electron chi connectivity index (χ4n) is 4.36. The van der Waals surface area contributed by atoms with E-state index >= 15 is 0 Å². The average Bonchev–Trinajstić information content (AvgIpc) is 3.39. The molecule has 3 aromatic heterocycles. The predicted molar refractivity (Wildman–Crippen MR) is 123 cm³/mol. The molecule has 36 heavy (non-hydrogen) atoms. The average molecular weight is 507 g/mol. The Labute approximate surface area is 204 Å². The molecule has 8 nitrogen and oxygen atoms in total. The van der Waals surface area contributed by atoms with Crippen LogP contribution in [0.3, 0.4) is 0 Å². The molecule has 1 saturated heterocycles. The van der Waals surface area contributed by atoms with Gasteiger partial charge in [-0.1, -0.05) is 6.07 Å². The van der Waals surface area contributed by atoms with Crippen molar-refractivity contribution in [1.82, 2.24) is 24.3 Å². The fourth-order valence-corrected chi connectivity index (χ4v) is 4.36. The van der Waals surface area contributed by atoms with Crippen molar-refractivity contribution < 1.29 is 27.1 Å². The van der Waals surface area contributed by atoms with Gasteiger partial charge in [-0.05, 0) is 45.7 Å². The number of hydrogen-bond acceptors (Lipinski definition) is 6. The van der Waals surface area contributed by atoms with E-state index in [2.05, 4.69) is 20.3 Å². The van der Waals surface area contributed by atoms with Gasteiger partial charge in [0.05, 0.1) is 42.1 Å². The molecule has 0 bridgehead atoms. The Morgan fingerprint density at radius 1 is 1.14 bits per heavy atom. The molecule has 192 valence electrons. The summed E-state index contributed by atoms with van der Waals surface area (Å²) in [6.07, 6.45) is -2.09. The first-order valence-corrected chi connectivity index (χ1v) is 11.6. The minimum absolute atomic E-state index is 0.00277. The molecule has 1 amide bonds. The maximum Gasteiger partial charge on any atom is 0.410 e. The zero-order chi connectivity index (χ0) is 25.9. The molecule has 1 saturated carbocycles. The summed E-state index contributed by atoms with van der Waals surface area (Å²) in [7, 11) is 0. The van der Waals surface area contributed by atoms with E-state index in [9.17, 15) is 22.4 Å². The van der Waals surface area contributed by atoms with E-state index in [0.29, 0.717) is 22.9 Å². The minimum atomic E-state index is -4.38. The maximum absolute atomic E-state index is 14.7. The van der Waals surface area contributed by atoms with Crippen LogP contribution >= 0.6 is 0 Å². The number of imidazole rings is 1. The normalized spacial score (nSPS) is 21.6. The summed E-state index contributed by atoms with van der Waals surface area (Å²) >= 11 is 0. The second kappa shape index (κ2) is 8.31. The van der Waals surface area contributed by atoms with Crippen molar-refractivity contribution >= 4 is 17.6 Å². The molecular weight excluding hydrogens is 480 g/mol. The number of alkyl halides is 4. The molecule has 12 heteroatoms. The molecule has 0 aromatic carbocycles. The Morgan fingerprint density at radius 2 is 1.89 bits per heavy atom. The van der Waals surface area contributed by atoms with Gasteiger partial charge in [0.2, 0.25) is 0 Å². The number of nitrogens with one attached hydrogen (secondary N) is 1. The van der Waals surface area contributed by atoms with Crippen molar-refractivity contribution in [1.29, 1.82) is 0 Å². The molecule has 0 unspecified atom stereocenters. The molecule has 3 aromatic rings. The van der Waals surface area contributed by atoms with E-state index in [0.717, 1.165) is 0 Å². The number of pyridine rings is 1. The molecule has 0 radical (unpaired) electrons. The first kappa shape index (κ1) is 24.3. The highest BCUT2D eigenvalue weighted by molar-refractivity contribution is 5.69. The quantitative estimate of drug-likeness (QED) is 0.514. The van der Waals surface area contributed by atoms with Crippen LogP contribution in [0.25, 0.3) is 17.0 Å². The molecule has 2 fully saturated rings. The van der Waals surface area contributed by atoms with Crippen molar-refractivity contribution in [3.63, 3.8) is 0 Å². The molecule has 1 aliphatic heterocycles. The lowest BCUT2D eigenvalue weighted by atomic mass is 10.0. The molecular formula is C24H26F4N6O2. The second-order valence-electron chi connectivity index (χ2n) is 10.3. The highest BCUT2D eigenvalue weighted by atomic mass is 19.4. The summed E-state index contributed by atoms with van der Waals surface area (Å²) in [6, 6.07) is 4.36. The van der Waals surface area contributed by atoms with Gasteiger partial charge in [0.1, 0.15) is 23.0 Å². The Kier molecular flexibility index (Phi) is 5.60. The monoisotopic (exact) mass is 506 g/mol. The summed E-state index contributed by atoms with van der Waals surface area (Å²) in [5, 5.41) is 3.03. The van der Waals surface area contributed by atoms with Crippen LogP contribution in [0.5, 0.6) is 0 Å². The van der Waals surface area contributed by atoms with Crippen LogP contribution in [0.1, 0.15) is 39.3 Å². The van der Waals surface area contributed by atoms with Crippen molar-refractivity contribution in [2.75, 3.05) is 18.4 Å². The zero-order valence-electron chi connectivity index (χ0n) is 20.0. The number of carbonyl (C=O) groups excluding carboxylic acids is 1. The standard InChI is InChI=1S/C24H26F4N6O2/c1-22(2,3)36-21(35)33-11-14(25)16(12-33)32-19-6-4-5-15(31-19)17-9-30-20-10-29-18(13-34(17)20)23(7-8-23)24(26,27)28/h4-6,9-10,13-14,16H,7-8,11-12H2,1-3H3,(H,31,32)/t14-,16-/m0/s1. The van der Waals surface area contributed by atoms with Gasteiger partial charge in [0, 0.05) is 12.7 Å². The van der Waals surface area contributed by atoms with E-state index < -0.39 is 35.5 Å². The lowest BCUT2D eigenvalue weighted by molar-refractivity contribution is -0.161. The van der Waals surface area contributed by atoms with Crippen LogP contribution in [0.4, 0.5) is 28.2 Å². The first-order valence-electron chi connectivity index (χ1n) is 11.6. The number of carbonyl (C=O) groups is 1. The number of aromatic nitrogens is 4. The highest BCUT2D eigenvalue weighted by Gasteiger charge is 2.65. The second-order valence-corrected chi connectivity index (χ2v) is 10.3. The number of amides is 1. The molecule has 2 aliphatic rings. The molecule has 1 aliphatic carbocycles. The third kappa shape index (κ3) is 4.44. The van der Waals surface area contributed by atoms with Crippen molar-refractivity contribution in [3.05, 3.63) is 42.5 Å². The van der Waals surface area contributed by atoms with Gasteiger partial charge in [-0.15, -0.1) is 0 Å². The number of halogens is 4. The van der Waals surface area contributed by atoms with Gasteiger partial charge < -0.3 is 15.0 Å². The van der Waals surface area contributed by atoms with E-state index in [4.69, 9.17) is 4.74 Å². The number of hydrogen-bond donors (Lipinski definition) is 1. The van der Waals surface area contributed by atoms with Gasteiger partial charge >= 0.3 is 12.3 Å². The summed E-state index contributed by atoms with van der Waals surface area (Å²) in [6.45, 7) is 5.23. The van der Waals surface area contributed by atoms with E-state index in [1.165, 1.54) is 27.9 Å². The maximum atomic E-state index is 14.7. The van der Waals surface area contributed by atoms with Crippen LogP contribution < -0.4 is 5.32 Å². The Hall–Kier alpha value is -3.44. The largest absolute Gasteiger partial charge is 0.444 e. The molecule has 1 N–H and O–H groups in total. The zero-order valence-corrected chi connectivity index (χ0v) is 20.0. The summed E-state index contributed by atoms with van der Waals surface area (Å²) < 4.78 is 62.4. The van der Waals surface area contributed by atoms with E-state index in [1.807, 2.05) is 0 Å². The van der Waals surface area contributed by atoms with Gasteiger partial charge in [-0.25, -0.2) is 19.2 Å². The number of anilines is 1. The Balaban J connectivity index is 1.37. The smallest absolute Gasteiger partial charge is 0.410 e. The first-order chi connectivity index (χ1) is 16.9. The van der Waals surface area contributed by atoms with Gasteiger partial charge in [0.25, 0.3) is 0 Å². The number of nitrogens with zero attached hydrogens (tertiary/aromatic N) is 5. The van der Waals surface area contributed by atoms with Gasteiger partial charge in [0.15, 0.2) is 5.65 Å². The van der Waals surface area contributed by atoms with Crippen LogP contribution in [-0.2, 0) is 10.2 Å². The number of ether oxygens (including phenoxy) is 1. The molecule has 4 heterocycles. The van der Waals surface area contributed by atoms with Crippen LogP contribution in [0.2, 0.25) is 0 Å². The van der Waals surface area contributed by atoms with Gasteiger partial charge in [-0.3, -0.25) is 9.38 Å². The number of rotatable bonds is 4. The van der Waals surface area contributed by atoms with Gasteiger partial charge in [-0.2, -0.15) is 13.2 Å². The SMILES string of the molecule is CC(C)(C)OC(=O)N1C[C@H](Nc2cccc(-c3cnc4cnc(C5(C(F)(F)F)CC5)cn34)n2)[C@@H](F)C1. The lowest BCUT2D eigenvalue weighted by Crippen LogP contribution is -2.36. The van der Waals surface area contributed by atoms with E-state index in [1.54, 1.807) is 39.0 Å². The summed E-state index contributed by atoms with van der Waals surface area (Å²) in [5.74, 6) is 0.365. The van der Waals surface area contributed by atoms with Crippen LogP contribution in [-0.4, -0.2) is 67.4 Å². The Bertz CT molecular complexity index is 1300. The third-order valence-electron chi connectivity index (χ3n) is 6.42. The predicted octanol–water partition coefficient (Wildman–Crippen LogP) is 4.75. The highest BCUT2D eigenvalue weighted by Crippen LogP contribution is 2.58. The lowest BCUT2D eigenvalue weighted by Gasteiger charge is -2.24. The van der Waals surface area contributed by atoms with Crippen molar-refractivity contribution in [2.24, 2.45) is 0 Å². The van der Waals surface area contributed by atoms with Crippen molar-refractivity contribution in [3.8, 4) is 11.4 Å². The van der Waals surface area contributed by atoms with Crippen molar-refractivity contribution in [2.45, 2.75) is 63.0 Å².